The number of nitrogens with zero attached hydrogens (tertiary/aromatic N) is 2. The summed E-state index contributed by atoms with van der Waals surface area (Å²) in [6, 6.07) is 28.9. The van der Waals surface area contributed by atoms with Crippen LogP contribution in [0.4, 0.5) is 5.69 Å². The summed E-state index contributed by atoms with van der Waals surface area (Å²) >= 11 is 3.44. The first-order valence-electron chi connectivity index (χ1n) is 13.6. The first-order chi connectivity index (χ1) is 20.6. The molecule has 1 N–H and O–H groups in total. The highest BCUT2D eigenvalue weighted by atomic mass is 79.9. The predicted octanol–water partition coefficient (Wildman–Crippen LogP) is 5.35. The Bertz CT molecular complexity index is 1650. The van der Waals surface area contributed by atoms with Gasteiger partial charge in [-0.05, 0) is 54.4 Å². The Morgan fingerprint density at radius 2 is 1.56 bits per heavy atom. The summed E-state index contributed by atoms with van der Waals surface area (Å²) in [6.45, 7) is 1.42. The van der Waals surface area contributed by atoms with Crippen molar-refractivity contribution in [3.05, 3.63) is 124 Å². The Balaban J connectivity index is 1.79. The number of anilines is 1. The molecule has 8 nitrogen and oxygen atoms in total. The summed E-state index contributed by atoms with van der Waals surface area (Å²) in [4.78, 5) is 29.2. The normalized spacial score (nSPS) is 11.8. The fourth-order valence-corrected chi connectivity index (χ4v) is 6.31. The van der Waals surface area contributed by atoms with Gasteiger partial charge in [-0.2, -0.15) is 0 Å². The lowest BCUT2D eigenvalue weighted by molar-refractivity contribution is -0.139. The van der Waals surface area contributed by atoms with E-state index in [1.807, 2.05) is 61.5 Å². The maximum Gasteiger partial charge on any atom is 0.264 e. The molecule has 2 amide bonds. The zero-order valence-corrected chi connectivity index (χ0v) is 26.6. The Hall–Kier alpha value is -4.15. The Kier molecular flexibility index (Phi) is 10.6. The fourth-order valence-electron chi connectivity index (χ4n) is 4.64. The second kappa shape index (κ2) is 14.3. The highest BCUT2D eigenvalue weighted by Gasteiger charge is 2.34. The summed E-state index contributed by atoms with van der Waals surface area (Å²) in [5.74, 6) is -0.456. The van der Waals surface area contributed by atoms with Gasteiger partial charge in [0.1, 0.15) is 18.3 Å². The number of rotatable bonds is 12. The van der Waals surface area contributed by atoms with Crippen molar-refractivity contribution in [3.8, 4) is 5.75 Å². The standard InChI is InChI=1S/C33H34BrN3O5S/c1-24-12-18-30(19-13-24)43(40,41)37(28-10-7-11-29(21-28)42-3)23-32(38)36(22-26-14-16-27(34)17-15-26)31(33(39)35-2)20-25-8-5-4-6-9-25/h4-19,21,31H,20,22-23H2,1-3H3,(H,35,39). The minimum Gasteiger partial charge on any atom is -0.497 e. The summed E-state index contributed by atoms with van der Waals surface area (Å²) in [5.41, 5.74) is 2.81. The van der Waals surface area contributed by atoms with Gasteiger partial charge in [-0.15, -0.1) is 0 Å². The number of ether oxygens (including phenoxy) is 1. The van der Waals surface area contributed by atoms with E-state index in [1.54, 1.807) is 36.4 Å². The van der Waals surface area contributed by atoms with E-state index >= 15 is 0 Å². The number of hydrogen-bond acceptors (Lipinski definition) is 5. The minimum atomic E-state index is -4.19. The molecular weight excluding hydrogens is 630 g/mol. The maximum atomic E-state index is 14.3. The molecular formula is C33H34BrN3O5S. The monoisotopic (exact) mass is 663 g/mol. The number of carbonyl (C=O) groups excluding carboxylic acids is 2. The molecule has 4 aromatic rings. The molecule has 0 aliphatic rings. The fraction of sp³-hybridized carbons (Fsp3) is 0.212. The first-order valence-corrected chi connectivity index (χ1v) is 15.9. The molecule has 0 aliphatic heterocycles. The lowest BCUT2D eigenvalue weighted by atomic mass is 10.0. The van der Waals surface area contributed by atoms with Gasteiger partial charge in [0.15, 0.2) is 0 Å². The van der Waals surface area contributed by atoms with Crippen LogP contribution < -0.4 is 14.4 Å². The van der Waals surface area contributed by atoms with Crippen LogP contribution in [0.3, 0.4) is 0 Å². The molecule has 0 bridgehead atoms. The Morgan fingerprint density at radius 3 is 2.19 bits per heavy atom. The van der Waals surface area contributed by atoms with Crippen LogP contribution in [0.15, 0.2) is 112 Å². The average Bonchev–Trinajstić information content (AvgIpc) is 3.02. The third-order valence-electron chi connectivity index (χ3n) is 7.01. The smallest absolute Gasteiger partial charge is 0.264 e. The molecule has 0 aromatic heterocycles. The van der Waals surface area contributed by atoms with Gasteiger partial charge >= 0.3 is 0 Å². The van der Waals surface area contributed by atoms with E-state index in [0.29, 0.717) is 5.75 Å². The van der Waals surface area contributed by atoms with Gasteiger partial charge in [0, 0.05) is 30.6 Å². The molecule has 4 rings (SSSR count). The van der Waals surface area contributed by atoms with Crippen LogP contribution in [0, 0.1) is 6.92 Å². The van der Waals surface area contributed by atoms with Crippen LogP contribution in [0.2, 0.25) is 0 Å². The number of aryl methyl sites for hydroxylation is 1. The number of likely N-dealkylation sites (N-methyl/N-ethyl adjacent to an activating group) is 1. The summed E-state index contributed by atoms with van der Waals surface area (Å²) in [7, 11) is -1.18. The third kappa shape index (κ3) is 8.03. The lowest BCUT2D eigenvalue weighted by Crippen LogP contribution is -2.53. The van der Waals surface area contributed by atoms with Crippen molar-refractivity contribution in [3.63, 3.8) is 0 Å². The molecule has 1 atom stereocenters. The molecule has 0 saturated heterocycles. The quantitative estimate of drug-likeness (QED) is 0.221. The van der Waals surface area contributed by atoms with Gasteiger partial charge in [0.25, 0.3) is 10.0 Å². The molecule has 0 heterocycles. The minimum absolute atomic E-state index is 0.0420. The van der Waals surface area contributed by atoms with Crippen molar-refractivity contribution >= 4 is 43.5 Å². The number of carbonyl (C=O) groups is 2. The van der Waals surface area contributed by atoms with E-state index < -0.39 is 28.5 Å². The maximum absolute atomic E-state index is 14.3. The molecule has 0 radical (unpaired) electrons. The van der Waals surface area contributed by atoms with Crippen molar-refractivity contribution in [1.82, 2.24) is 10.2 Å². The number of hydrogen-bond donors (Lipinski definition) is 1. The van der Waals surface area contributed by atoms with Crippen LogP contribution >= 0.6 is 15.9 Å². The molecule has 1 unspecified atom stereocenters. The number of methoxy groups -OCH3 is 1. The van der Waals surface area contributed by atoms with Crippen molar-refractivity contribution in [2.45, 2.75) is 30.8 Å². The topological polar surface area (TPSA) is 96.0 Å². The van der Waals surface area contributed by atoms with Crippen molar-refractivity contribution < 1.29 is 22.7 Å². The second-order valence-electron chi connectivity index (χ2n) is 9.99. The van der Waals surface area contributed by atoms with Crippen molar-refractivity contribution in [1.29, 1.82) is 0 Å². The van der Waals surface area contributed by atoms with Crippen molar-refractivity contribution in [2.75, 3.05) is 25.0 Å². The highest BCUT2D eigenvalue weighted by molar-refractivity contribution is 9.10. The molecule has 10 heteroatoms. The van der Waals surface area contributed by atoms with E-state index in [9.17, 15) is 18.0 Å². The zero-order chi connectivity index (χ0) is 31.0. The van der Waals surface area contributed by atoms with Gasteiger partial charge in [-0.1, -0.05) is 82.2 Å². The third-order valence-corrected chi connectivity index (χ3v) is 9.33. The van der Waals surface area contributed by atoms with E-state index in [0.717, 1.165) is 25.5 Å². The van der Waals surface area contributed by atoms with Gasteiger partial charge in [0.2, 0.25) is 11.8 Å². The molecule has 224 valence electrons. The van der Waals surface area contributed by atoms with Crippen LogP contribution in [0.1, 0.15) is 16.7 Å². The van der Waals surface area contributed by atoms with Crippen LogP contribution in [0.5, 0.6) is 5.75 Å². The van der Waals surface area contributed by atoms with E-state index in [-0.39, 0.29) is 29.5 Å². The zero-order valence-electron chi connectivity index (χ0n) is 24.2. The van der Waals surface area contributed by atoms with Gasteiger partial charge in [0.05, 0.1) is 17.7 Å². The largest absolute Gasteiger partial charge is 0.497 e. The summed E-state index contributed by atoms with van der Waals surface area (Å²) in [6.07, 6.45) is 0.243. The van der Waals surface area contributed by atoms with E-state index in [1.165, 1.54) is 31.2 Å². The van der Waals surface area contributed by atoms with Gasteiger partial charge < -0.3 is 15.0 Å². The molecule has 4 aromatic carbocycles. The Labute approximate surface area is 261 Å². The lowest BCUT2D eigenvalue weighted by Gasteiger charge is -2.33. The first kappa shape index (κ1) is 31.8. The number of amides is 2. The van der Waals surface area contributed by atoms with E-state index in [4.69, 9.17) is 4.74 Å². The summed E-state index contributed by atoms with van der Waals surface area (Å²) < 4.78 is 35.5. The second-order valence-corrected chi connectivity index (χ2v) is 12.8. The van der Waals surface area contributed by atoms with Crippen LogP contribution in [0.25, 0.3) is 0 Å². The average molecular weight is 665 g/mol. The molecule has 0 saturated carbocycles. The number of halogens is 1. The molecule has 0 aliphatic carbocycles. The predicted molar refractivity (Wildman–Crippen MR) is 171 cm³/mol. The van der Waals surface area contributed by atoms with Crippen LogP contribution in [-0.4, -0.2) is 51.9 Å². The number of nitrogens with one attached hydrogen (secondary N) is 1. The Morgan fingerprint density at radius 1 is 0.884 bits per heavy atom. The molecule has 0 fully saturated rings. The highest BCUT2D eigenvalue weighted by Crippen LogP contribution is 2.28. The van der Waals surface area contributed by atoms with Gasteiger partial charge in [-0.25, -0.2) is 8.42 Å². The molecule has 0 spiro atoms. The number of benzene rings is 4. The molecule has 43 heavy (non-hydrogen) atoms. The number of sulfonamides is 1. The van der Waals surface area contributed by atoms with Crippen molar-refractivity contribution in [2.24, 2.45) is 0 Å². The van der Waals surface area contributed by atoms with E-state index in [2.05, 4.69) is 21.2 Å². The van der Waals surface area contributed by atoms with Gasteiger partial charge in [-0.3, -0.25) is 13.9 Å². The van der Waals surface area contributed by atoms with Crippen LogP contribution in [-0.2, 0) is 32.6 Å². The summed E-state index contributed by atoms with van der Waals surface area (Å²) in [5, 5.41) is 2.69. The SMILES string of the molecule is CNC(=O)C(Cc1ccccc1)N(Cc1ccc(Br)cc1)C(=O)CN(c1cccc(OC)c1)S(=O)(=O)c1ccc(C)cc1.